The second-order valence-electron chi connectivity index (χ2n) is 5.14. The molecule has 0 aliphatic rings. The van der Waals surface area contributed by atoms with Crippen LogP contribution in [-0.4, -0.2) is 35.3 Å². The first-order valence-corrected chi connectivity index (χ1v) is 7.18. The zero-order chi connectivity index (χ0) is 16.1. The zero-order valence-electron chi connectivity index (χ0n) is 13.6. The summed E-state index contributed by atoms with van der Waals surface area (Å²) < 4.78 is 12.3. The van der Waals surface area contributed by atoms with Crippen LogP contribution in [0.2, 0.25) is 0 Å². The van der Waals surface area contributed by atoms with Gasteiger partial charge in [0.05, 0.1) is 6.21 Å². The van der Waals surface area contributed by atoms with Crippen molar-refractivity contribution in [3.05, 3.63) is 47.0 Å². The smallest absolute Gasteiger partial charge is 0.183 e. The molecule has 118 valence electrons. The topological polar surface area (TPSA) is 61.5 Å². The van der Waals surface area contributed by atoms with Gasteiger partial charge < -0.3 is 9.47 Å². The molecular formula is C16H22N4O2. The van der Waals surface area contributed by atoms with Crippen molar-refractivity contribution in [2.45, 2.75) is 33.0 Å². The molecule has 1 heterocycles. The minimum absolute atomic E-state index is 0.208. The van der Waals surface area contributed by atoms with E-state index in [4.69, 9.17) is 9.47 Å². The average Bonchev–Trinajstić information content (AvgIpc) is 2.96. The predicted octanol–water partition coefficient (Wildman–Crippen LogP) is 2.88. The molecule has 0 saturated carbocycles. The fourth-order valence-corrected chi connectivity index (χ4v) is 1.92. The Morgan fingerprint density at radius 2 is 1.50 bits per heavy atom. The van der Waals surface area contributed by atoms with Crippen LogP contribution < -0.4 is 0 Å². The molecule has 2 atom stereocenters. The number of nitrogens with zero attached hydrogens (tertiary/aromatic N) is 4. The Kier molecular flexibility index (Phi) is 5.41. The third-order valence-electron chi connectivity index (χ3n) is 3.52. The maximum atomic E-state index is 5.33. The minimum atomic E-state index is -0.208. The highest BCUT2D eigenvalue weighted by molar-refractivity contribution is 5.79. The number of rotatable bonds is 6. The summed E-state index contributed by atoms with van der Waals surface area (Å²) in [4.78, 5) is 0. The van der Waals surface area contributed by atoms with Crippen molar-refractivity contribution in [3.8, 4) is 0 Å². The number of aryl methyl sites for hydroxylation is 1. The standard InChI is InChI=1S/C16H22N4O2/c1-11-6-8-14(9-7-11)10-17-20-15(12(2)21-4)18-19-16(20)13(3)22-5/h6-10,12-13H,1-5H3/b17-10+/t12-,13-/m0/s1. The summed E-state index contributed by atoms with van der Waals surface area (Å²) in [6, 6.07) is 8.12. The van der Waals surface area contributed by atoms with E-state index in [-0.39, 0.29) is 12.2 Å². The first kappa shape index (κ1) is 16.3. The number of benzene rings is 1. The van der Waals surface area contributed by atoms with E-state index in [1.54, 1.807) is 25.1 Å². The van der Waals surface area contributed by atoms with Gasteiger partial charge in [-0.2, -0.15) is 9.78 Å². The highest BCUT2D eigenvalue weighted by Crippen LogP contribution is 2.20. The maximum absolute atomic E-state index is 5.33. The van der Waals surface area contributed by atoms with Crippen molar-refractivity contribution < 1.29 is 9.47 Å². The van der Waals surface area contributed by atoms with Crippen LogP contribution in [-0.2, 0) is 9.47 Å². The van der Waals surface area contributed by atoms with E-state index in [1.165, 1.54) is 5.56 Å². The first-order valence-electron chi connectivity index (χ1n) is 7.18. The van der Waals surface area contributed by atoms with Gasteiger partial charge >= 0.3 is 0 Å². The van der Waals surface area contributed by atoms with Gasteiger partial charge in [-0.05, 0) is 26.3 Å². The number of hydrogen-bond acceptors (Lipinski definition) is 5. The van der Waals surface area contributed by atoms with Crippen molar-refractivity contribution >= 4 is 6.21 Å². The summed E-state index contributed by atoms with van der Waals surface area (Å²) in [6.07, 6.45) is 1.36. The second-order valence-corrected chi connectivity index (χ2v) is 5.14. The summed E-state index contributed by atoms with van der Waals surface area (Å²) in [5.74, 6) is 1.29. The summed E-state index contributed by atoms with van der Waals surface area (Å²) in [7, 11) is 3.26. The Morgan fingerprint density at radius 1 is 1.00 bits per heavy atom. The molecule has 0 fully saturated rings. The highest BCUT2D eigenvalue weighted by atomic mass is 16.5. The van der Waals surface area contributed by atoms with Gasteiger partial charge in [0.2, 0.25) is 0 Å². The molecule has 6 nitrogen and oxygen atoms in total. The molecule has 0 amide bonds. The molecule has 0 N–H and O–H groups in total. The number of methoxy groups -OCH3 is 2. The molecule has 0 unspecified atom stereocenters. The molecule has 6 heteroatoms. The SMILES string of the molecule is CO[C@@H](C)c1nnc([C@H](C)OC)n1/N=C/c1ccc(C)cc1. The van der Waals surface area contributed by atoms with Gasteiger partial charge in [0.15, 0.2) is 11.6 Å². The summed E-state index contributed by atoms with van der Waals surface area (Å²) >= 11 is 0. The molecular weight excluding hydrogens is 280 g/mol. The van der Waals surface area contributed by atoms with Crippen LogP contribution in [0.1, 0.15) is 48.8 Å². The zero-order valence-corrected chi connectivity index (χ0v) is 13.6. The van der Waals surface area contributed by atoms with Crippen LogP contribution in [0.4, 0.5) is 0 Å². The molecule has 0 saturated heterocycles. The van der Waals surface area contributed by atoms with Gasteiger partial charge in [0.1, 0.15) is 12.2 Å². The van der Waals surface area contributed by atoms with Gasteiger partial charge in [0.25, 0.3) is 0 Å². The Hall–Kier alpha value is -2.05. The minimum Gasteiger partial charge on any atom is -0.374 e. The number of hydrogen-bond donors (Lipinski definition) is 0. The molecule has 1 aromatic carbocycles. The molecule has 2 rings (SSSR count). The monoisotopic (exact) mass is 302 g/mol. The van der Waals surface area contributed by atoms with E-state index in [2.05, 4.69) is 22.2 Å². The lowest BCUT2D eigenvalue weighted by Gasteiger charge is -2.12. The van der Waals surface area contributed by atoms with Gasteiger partial charge in [-0.1, -0.05) is 29.8 Å². The van der Waals surface area contributed by atoms with E-state index in [9.17, 15) is 0 Å². The van der Waals surface area contributed by atoms with Crippen LogP contribution in [0.5, 0.6) is 0 Å². The van der Waals surface area contributed by atoms with Crippen molar-refractivity contribution in [2.24, 2.45) is 5.10 Å². The van der Waals surface area contributed by atoms with E-state index >= 15 is 0 Å². The van der Waals surface area contributed by atoms with Crippen molar-refractivity contribution in [2.75, 3.05) is 14.2 Å². The predicted molar refractivity (Wildman–Crippen MR) is 85.0 cm³/mol. The molecule has 0 spiro atoms. The quantitative estimate of drug-likeness (QED) is 0.770. The van der Waals surface area contributed by atoms with Gasteiger partial charge in [-0.3, -0.25) is 0 Å². The lowest BCUT2D eigenvalue weighted by atomic mass is 10.2. The van der Waals surface area contributed by atoms with E-state index in [1.807, 2.05) is 38.1 Å². The van der Waals surface area contributed by atoms with Crippen molar-refractivity contribution in [1.82, 2.24) is 14.9 Å². The molecule has 0 bridgehead atoms. The van der Waals surface area contributed by atoms with Gasteiger partial charge in [-0.15, -0.1) is 10.2 Å². The van der Waals surface area contributed by atoms with Gasteiger partial charge in [-0.25, -0.2) is 0 Å². The molecule has 1 aromatic heterocycles. The molecule has 2 aromatic rings. The Balaban J connectivity index is 2.38. The summed E-state index contributed by atoms with van der Waals surface area (Å²) in [6.45, 7) is 5.86. The largest absolute Gasteiger partial charge is 0.374 e. The third kappa shape index (κ3) is 3.58. The Bertz CT molecular complexity index is 607. The average molecular weight is 302 g/mol. The lowest BCUT2D eigenvalue weighted by Crippen LogP contribution is -2.10. The highest BCUT2D eigenvalue weighted by Gasteiger charge is 2.20. The van der Waals surface area contributed by atoms with Crippen molar-refractivity contribution in [3.63, 3.8) is 0 Å². The number of ether oxygens (including phenoxy) is 2. The third-order valence-corrected chi connectivity index (χ3v) is 3.52. The fourth-order valence-electron chi connectivity index (χ4n) is 1.92. The van der Waals surface area contributed by atoms with Gasteiger partial charge in [0, 0.05) is 14.2 Å². The molecule has 0 aliphatic carbocycles. The molecule has 22 heavy (non-hydrogen) atoms. The molecule has 0 aliphatic heterocycles. The second kappa shape index (κ2) is 7.29. The fraction of sp³-hybridized carbons (Fsp3) is 0.438. The van der Waals surface area contributed by atoms with Crippen LogP contribution in [0.15, 0.2) is 29.4 Å². The van der Waals surface area contributed by atoms with Crippen LogP contribution in [0.25, 0.3) is 0 Å². The number of aromatic nitrogens is 3. The normalized spacial score (nSPS) is 14.4. The lowest BCUT2D eigenvalue weighted by molar-refractivity contribution is 0.101. The summed E-state index contributed by atoms with van der Waals surface area (Å²) in [5.41, 5.74) is 2.22. The maximum Gasteiger partial charge on any atom is 0.183 e. The van der Waals surface area contributed by atoms with E-state index < -0.39 is 0 Å². The van der Waals surface area contributed by atoms with Crippen LogP contribution in [0, 0.1) is 6.92 Å². The van der Waals surface area contributed by atoms with E-state index in [0.717, 1.165) is 5.56 Å². The van der Waals surface area contributed by atoms with E-state index in [0.29, 0.717) is 11.6 Å². The Labute approximate surface area is 130 Å². The Morgan fingerprint density at radius 3 is 1.95 bits per heavy atom. The molecule has 0 radical (unpaired) electrons. The van der Waals surface area contributed by atoms with Crippen LogP contribution >= 0.6 is 0 Å². The van der Waals surface area contributed by atoms with Crippen LogP contribution in [0.3, 0.4) is 0 Å². The summed E-state index contributed by atoms with van der Waals surface area (Å²) in [5, 5.41) is 12.9. The first-order chi connectivity index (χ1) is 10.6. The van der Waals surface area contributed by atoms with Crippen molar-refractivity contribution in [1.29, 1.82) is 0 Å².